The second-order valence-corrected chi connectivity index (χ2v) is 9.30. The monoisotopic (exact) mass is 526 g/mol. The molecule has 0 aromatic heterocycles. The molecule has 9 heteroatoms. The number of benzene rings is 2. The van der Waals surface area contributed by atoms with Gasteiger partial charge in [-0.05, 0) is 62.1 Å². The molecule has 0 aliphatic carbocycles. The number of hydrogen-bond acceptors (Lipinski definition) is 7. The number of methoxy groups -OCH3 is 2. The molecular formula is C29H38N2O7. The first-order valence-electron chi connectivity index (χ1n) is 13.0. The molecule has 0 saturated carbocycles. The van der Waals surface area contributed by atoms with Gasteiger partial charge in [0, 0.05) is 13.0 Å². The third-order valence-corrected chi connectivity index (χ3v) is 7.13. The van der Waals surface area contributed by atoms with Crippen molar-refractivity contribution >= 4 is 17.8 Å². The second-order valence-electron chi connectivity index (χ2n) is 9.30. The van der Waals surface area contributed by atoms with E-state index in [0.29, 0.717) is 30.9 Å². The Hall–Kier alpha value is -3.59. The van der Waals surface area contributed by atoms with Gasteiger partial charge in [-0.1, -0.05) is 37.3 Å². The van der Waals surface area contributed by atoms with E-state index in [1.807, 2.05) is 42.2 Å². The maximum absolute atomic E-state index is 13.9. The van der Waals surface area contributed by atoms with Crippen LogP contribution in [0.3, 0.4) is 0 Å². The van der Waals surface area contributed by atoms with Crippen molar-refractivity contribution in [1.82, 2.24) is 9.80 Å². The minimum Gasteiger partial charge on any atom is -0.493 e. The van der Waals surface area contributed by atoms with Gasteiger partial charge in [-0.2, -0.15) is 0 Å². The van der Waals surface area contributed by atoms with Crippen molar-refractivity contribution in [2.24, 2.45) is 0 Å². The third kappa shape index (κ3) is 6.45. The summed E-state index contributed by atoms with van der Waals surface area (Å²) >= 11 is 0. The largest absolute Gasteiger partial charge is 0.493 e. The lowest BCUT2D eigenvalue weighted by Gasteiger charge is -2.40. The van der Waals surface area contributed by atoms with Crippen molar-refractivity contribution in [1.29, 1.82) is 0 Å². The number of hydrogen-bond donors (Lipinski definition) is 1. The Morgan fingerprint density at radius 1 is 1.05 bits per heavy atom. The van der Waals surface area contributed by atoms with Crippen LogP contribution < -0.4 is 9.47 Å². The van der Waals surface area contributed by atoms with Crippen LogP contribution in [0.5, 0.6) is 11.5 Å². The fourth-order valence-corrected chi connectivity index (χ4v) is 5.12. The highest BCUT2D eigenvalue weighted by atomic mass is 16.5. The van der Waals surface area contributed by atoms with E-state index in [9.17, 15) is 19.5 Å². The minimum absolute atomic E-state index is 0.113. The number of rotatable bonds is 12. The molecule has 1 amide bonds. The number of carbonyl (C=O) groups excluding carboxylic acids is 2. The summed E-state index contributed by atoms with van der Waals surface area (Å²) in [5.74, 6) is -0.801. The minimum atomic E-state index is -1.08. The summed E-state index contributed by atoms with van der Waals surface area (Å²) in [6.45, 7) is 6.12. The molecule has 9 nitrogen and oxygen atoms in total. The SMILES string of the molecule is CCOC(=O)C(CCc1ccccc1)N(CC)C(C)C(=O)N1Cc2cc(OC)c(OC)cc2CC1C(=O)O. The summed E-state index contributed by atoms with van der Waals surface area (Å²) in [4.78, 5) is 42.4. The topological polar surface area (TPSA) is 106 Å². The Morgan fingerprint density at radius 3 is 2.24 bits per heavy atom. The average Bonchev–Trinajstić information content (AvgIpc) is 2.93. The van der Waals surface area contributed by atoms with Crippen LogP contribution in [-0.2, 0) is 38.5 Å². The number of esters is 1. The maximum Gasteiger partial charge on any atom is 0.326 e. The van der Waals surface area contributed by atoms with Gasteiger partial charge in [0.25, 0.3) is 0 Å². The summed E-state index contributed by atoms with van der Waals surface area (Å²) in [7, 11) is 3.05. The maximum atomic E-state index is 13.9. The Bertz CT molecular complexity index is 1120. The molecule has 2 aromatic carbocycles. The number of aliphatic carboxylic acids is 1. The van der Waals surface area contributed by atoms with Crippen LogP contribution in [-0.4, -0.2) is 78.2 Å². The van der Waals surface area contributed by atoms with Crippen molar-refractivity contribution in [3.8, 4) is 11.5 Å². The lowest BCUT2D eigenvalue weighted by Crippen LogP contribution is -2.57. The van der Waals surface area contributed by atoms with Gasteiger partial charge in [0.2, 0.25) is 5.91 Å². The summed E-state index contributed by atoms with van der Waals surface area (Å²) in [6, 6.07) is 11.0. The van der Waals surface area contributed by atoms with Crippen LogP contribution in [0.4, 0.5) is 0 Å². The number of likely N-dealkylation sites (N-methyl/N-ethyl adjacent to an activating group) is 1. The van der Waals surface area contributed by atoms with E-state index in [2.05, 4.69) is 0 Å². The zero-order valence-electron chi connectivity index (χ0n) is 22.8. The highest BCUT2D eigenvalue weighted by Crippen LogP contribution is 2.35. The highest BCUT2D eigenvalue weighted by molar-refractivity contribution is 5.88. The third-order valence-electron chi connectivity index (χ3n) is 7.13. The molecule has 1 heterocycles. The van der Waals surface area contributed by atoms with E-state index < -0.39 is 24.1 Å². The van der Waals surface area contributed by atoms with Gasteiger partial charge < -0.3 is 24.2 Å². The molecule has 1 N–H and O–H groups in total. The summed E-state index contributed by atoms with van der Waals surface area (Å²) in [6.07, 6.45) is 1.25. The number of nitrogens with zero attached hydrogens (tertiary/aromatic N) is 2. The van der Waals surface area contributed by atoms with Crippen molar-refractivity contribution in [2.75, 3.05) is 27.4 Å². The zero-order valence-corrected chi connectivity index (χ0v) is 22.8. The van der Waals surface area contributed by atoms with E-state index in [1.165, 1.54) is 19.1 Å². The quantitative estimate of drug-likeness (QED) is 0.420. The number of ether oxygens (including phenoxy) is 3. The lowest BCUT2D eigenvalue weighted by atomic mass is 9.92. The van der Waals surface area contributed by atoms with Crippen LogP contribution >= 0.6 is 0 Å². The second kappa shape index (κ2) is 13.3. The molecule has 3 rings (SSSR count). The van der Waals surface area contributed by atoms with Crippen LogP contribution in [0, 0.1) is 0 Å². The van der Waals surface area contributed by atoms with Crippen molar-refractivity contribution < 1.29 is 33.7 Å². The normalized spacial score (nSPS) is 16.4. The van der Waals surface area contributed by atoms with Crippen LogP contribution in [0.25, 0.3) is 0 Å². The standard InChI is InChI=1S/C29H38N2O7/c1-6-30(23(29(35)38-7-2)14-13-20-11-9-8-10-12-20)19(3)27(32)31-18-22-17-26(37-5)25(36-4)16-21(22)15-24(31)28(33)34/h8-12,16-17,19,23-24H,6-7,13-15,18H2,1-5H3,(H,33,34). The number of amides is 1. The summed E-state index contributed by atoms with van der Waals surface area (Å²) in [5.41, 5.74) is 2.68. The molecule has 3 unspecified atom stereocenters. The number of fused-ring (bicyclic) bond motifs is 1. The number of carboxylic acid groups (broad SMARTS) is 1. The first-order chi connectivity index (χ1) is 18.2. The van der Waals surface area contributed by atoms with Crippen LogP contribution in [0.1, 0.15) is 43.9 Å². The zero-order chi connectivity index (χ0) is 27.8. The first kappa shape index (κ1) is 29.0. The molecule has 0 bridgehead atoms. The van der Waals surface area contributed by atoms with Crippen molar-refractivity contribution in [3.63, 3.8) is 0 Å². The van der Waals surface area contributed by atoms with Gasteiger partial charge in [-0.3, -0.25) is 14.5 Å². The van der Waals surface area contributed by atoms with Crippen molar-refractivity contribution in [3.05, 3.63) is 59.2 Å². The molecule has 1 aliphatic rings. The highest BCUT2D eigenvalue weighted by Gasteiger charge is 2.40. The number of carboxylic acids is 1. The molecule has 2 aromatic rings. The van der Waals surface area contributed by atoms with E-state index >= 15 is 0 Å². The van der Waals surface area contributed by atoms with E-state index in [0.717, 1.165) is 16.7 Å². The average molecular weight is 527 g/mol. The Morgan fingerprint density at radius 2 is 1.68 bits per heavy atom. The van der Waals surface area contributed by atoms with E-state index in [-0.39, 0.29) is 31.4 Å². The predicted octanol–water partition coefficient (Wildman–Crippen LogP) is 3.32. The molecule has 1 aliphatic heterocycles. The van der Waals surface area contributed by atoms with Gasteiger partial charge in [0.05, 0.1) is 26.9 Å². The molecule has 206 valence electrons. The molecule has 0 spiro atoms. The lowest BCUT2D eigenvalue weighted by molar-refractivity contribution is -0.158. The molecule has 0 saturated heterocycles. The van der Waals surface area contributed by atoms with Gasteiger partial charge >= 0.3 is 11.9 Å². The molecule has 3 atom stereocenters. The van der Waals surface area contributed by atoms with Crippen LogP contribution in [0.15, 0.2) is 42.5 Å². The molecular weight excluding hydrogens is 488 g/mol. The molecule has 38 heavy (non-hydrogen) atoms. The van der Waals surface area contributed by atoms with Gasteiger partial charge in [-0.25, -0.2) is 4.79 Å². The fourth-order valence-electron chi connectivity index (χ4n) is 5.12. The summed E-state index contributed by atoms with van der Waals surface area (Å²) in [5, 5.41) is 10.0. The van der Waals surface area contributed by atoms with Gasteiger partial charge in [0.15, 0.2) is 11.5 Å². The Labute approximate surface area is 224 Å². The molecule has 0 fully saturated rings. The summed E-state index contributed by atoms with van der Waals surface area (Å²) < 4.78 is 16.2. The molecule has 0 radical (unpaired) electrons. The van der Waals surface area contributed by atoms with E-state index in [4.69, 9.17) is 14.2 Å². The predicted molar refractivity (Wildman–Crippen MR) is 142 cm³/mol. The Kier molecular flexibility index (Phi) is 10.1. The fraction of sp³-hybridized carbons (Fsp3) is 0.483. The smallest absolute Gasteiger partial charge is 0.326 e. The van der Waals surface area contributed by atoms with Crippen molar-refractivity contribution in [2.45, 2.75) is 64.7 Å². The van der Waals surface area contributed by atoms with Gasteiger partial charge in [0.1, 0.15) is 12.1 Å². The van der Waals surface area contributed by atoms with Gasteiger partial charge in [-0.15, -0.1) is 0 Å². The van der Waals surface area contributed by atoms with E-state index in [1.54, 1.807) is 26.0 Å². The Balaban J connectivity index is 1.89. The number of carbonyl (C=O) groups is 3. The van der Waals surface area contributed by atoms with Crippen LogP contribution in [0.2, 0.25) is 0 Å². The number of aryl methyl sites for hydroxylation is 1. The first-order valence-corrected chi connectivity index (χ1v) is 13.0.